The quantitative estimate of drug-likeness (QED) is 0.760. The molecular weight excluding hydrogens is 236 g/mol. The molecule has 1 aromatic carbocycles. The fourth-order valence-electron chi connectivity index (χ4n) is 1.89. The normalized spacial score (nSPS) is 10.2. The lowest BCUT2D eigenvalue weighted by Gasteiger charge is -2.19. The molecule has 0 atom stereocenters. The summed E-state index contributed by atoms with van der Waals surface area (Å²) in [6, 6.07) is 7.08. The Kier molecular flexibility index (Phi) is 6.70. The number of hydrogen-bond acceptors (Lipinski definition) is 2. The molecule has 0 unspecified atom stereocenters. The highest BCUT2D eigenvalue weighted by Crippen LogP contribution is 2.02. The molecule has 3 nitrogen and oxygen atoms in total. The van der Waals surface area contributed by atoms with Crippen LogP contribution in [0.2, 0.25) is 0 Å². The van der Waals surface area contributed by atoms with Crippen molar-refractivity contribution in [3.63, 3.8) is 0 Å². The highest BCUT2D eigenvalue weighted by molar-refractivity contribution is 5.94. The zero-order valence-corrected chi connectivity index (χ0v) is 11.8. The lowest BCUT2D eigenvalue weighted by atomic mass is 10.1. The van der Waals surface area contributed by atoms with Gasteiger partial charge in [0.2, 0.25) is 0 Å². The first kappa shape index (κ1) is 15.3. The number of rotatable bonds is 7. The minimum Gasteiger partial charge on any atom is -0.351 e. The molecule has 0 fully saturated rings. The van der Waals surface area contributed by atoms with Crippen molar-refractivity contribution in [2.75, 3.05) is 26.2 Å². The summed E-state index contributed by atoms with van der Waals surface area (Å²) in [5, 5.41) is 2.93. The van der Waals surface area contributed by atoms with E-state index >= 15 is 0 Å². The van der Waals surface area contributed by atoms with E-state index in [-0.39, 0.29) is 5.91 Å². The van der Waals surface area contributed by atoms with E-state index in [9.17, 15) is 4.79 Å². The maximum Gasteiger partial charge on any atom is 0.251 e. The van der Waals surface area contributed by atoms with Crippen molar-refractivity contribution in [2.45, 2.75) is 20.3 Å². The molecule has 0 heterocycles. The zero-order valence-electron chi connectivity index (χ0n) is 11.8. The Morgan fingerprint density at radius 2 is 1.95 bits per heavy atom. The average Bonchev–Trinajstić information content (AvgIpc) is 2.46. The van der Waals surface area contributed by atoms with Gasteiger partial charge >= 0.3 is 0 Å². The number of likely N-dealkylation sites (N-methyl/N-ethyl adjacent to an activating group) is 1. The summed E-state index contributed by atoms with van der Waals surface area (Å²) in [5.41, 5.74) is 1.44. The molecule has 3 heteroatoms. The Bertz CT molecular complexity index is 431. The van der Waals surface area contributed by atoms with Crippen molar-refractivity contribution in [3.8, 4) is 12.3 Å². The number of nitrogens with one attached hydrogen (secondary N) is 1. The molecule has 1 rings (SSSR count). The number of amides is 1. The van der Waals surface area contributed by atoms with E-state index in [0.717, 1.165) is 31.6 Å². The van der Waals surface area contributed by atoms with Gasteiger partial charge in [-0.2, -0.15) is 0 Å². The van der Waals surface area contributed by atoms with Crippen LogP contribution in [0.25, 0.3) is 0 Å². The van der Waals surface area contributed by atoms with Gasteiger partial charge in [0.15, 0.2) is 0 Å². The van der Waals surface area contributed by atoms with Crippen LogP contribution in [0.5, 0.6) is 0 Å². The van der Waals surface area contributed by atoms with Crippen molar-refractivity contribution in [1.29, 1.82) is 0 Å². The number of carbonyl (C=O) groups excluding carboxylic acids is 1. The zero-order chi connectivity index (χ0) is 14.1. The molecule has 1 aromatic rings. The first-order valence-corrected chi connectivity index (χ1v) is 6.78. The standard InChI is InChI=1S/C16H22N2O/c1-4-12-18(6-3)13-11-17-16(19)15-9-7-14(5-2)8-10-15/h2,7-10H,4,6,11-13H2,1,3H3,(H,17,19). The Morgan fingerprint density at radius 3 is 2.47 bits per heavy atom. The van der Waals surface area contributed by atoms with Crippen molar-refractivity contribution in [1.82, 2.24) is 10.2 Å². The minimum atomic E-state index is -0.0453. The third kappa shape index (κ3) is 5.15. The molecule has 0 bridgehead atoms. The van der Waals surface area contributed by atoms with Crippen molar-refractivity contribution in [2.24, 2.45) is 0 Å². The Morgan fingerprint density at radius 1 is 1.26 bits per heavy atom. The monoisotopic (exact) mass is 258 g/mol. The first-order chi connectivity index (χ1) is 9.21. The van der Waals surface area contributed by atoms with Crippen LogP contribution < -0.4 is 5.32 Å². The van der Waals surface area contributed by atoms with E-state index in [0.29, 0.717) is 12.1 Å². The Hall–Kier alpha value is -1.79. The molecule has 0 spiro atoms. The van der Waals surface area contributed by atoms with Gasteiger partial charge in [-0.3, -0.25) is 4.79 Å². The van der Waals surface area contributed by atoms with Crippen LogP contribution in [0, 0.1) is 12.3 Å². The molecule has 0 aliphatic rings. The van der Waals surface area contributed by atoms with Gasteiger partial charge in [0.1, 0.15) is 0 Å². The number of nitrogens with zero attached hydrogens (tertiary/aromatic N) is 1. The number of hydrogen-bond donors (Lipinski definition) is 1. The fraction of sp³-hybridized carbons (Fsp3) is 0.438. The van der Waals surface area contributed by atoms with Gasteiger partial charge in [-0.25, -0.2) is 0 Å². The van der Waals surface area contributed by atoms with Crippen LogP contribution in [-0.4, -0.2) is 37.0 Å². The van der Waals surface area contributed by atoms with Crippen LogP contribution in [0.15, 0.2) is 24.3 Å². The Labute approximate surface area is 116 Å². The summed E-state index contributed by atoms with van der Waals surface area (Å²) in [6.45, 7) is 7.94. The minimum absolute atomic E-state index is 0.0453. The van der Waals surface area contributed by atoms with E-state index < -0.39 is 0 Å². The van der Waals surface area contributed by atoms with Crippen molar-refractivity contribution in [3.05, 3.63) is 35.4 Å². The van der Waals surface area contributed by atoms with E-state index in [1.54, 1.807) is 24.3 Å². The number of terminal acetylenes is 1. The maximum atomic E-state index is 11.9. The van der Waals surface area contributed by atoms with Gasteiger partial charge in [0.05, 0.1) is 0 Å². The lowest BCUT2D eigenvalue weighted by molar-refractivity contribution is 0.0948. The van der Waals surface area contributed by atoms with Crippen LogP contribution in [0.3, 0.4) is 0 Å². The summed E-state index contributed by atoms with van der Waals surface area (Å²) in [6.07, 6.45) is 6.41. The smallest absolute Gasteiger partial charge is 0.251 e. The molecule has 0 saturated heterocycles. The summed E-state index contributed by atoms with van der Waals surface area (Å²) in [7, 11) is 0. The second kappa shape index (κ2) is 8.34. The third-order valence-electron chi connectivity index (χ3n) is 3.01. The van der Waals surface area contributed by atoms with Gasteiger partial charge in [0.25, 0.3) is 5.91 Å². The Balaban J connectivity index is 2.40. The van der Waals surface area contributed by atoms with Crippen molar-refractivity contribution < 1.29 is 4.79 Å². The highest BCUT2D eigenvalue weighted by atomic mass is 16.1. The second-order valence-electron chi connectivity index (χ2n) is 4.41. The van der Waals surface area contributed by atoms with Gasteiger partial charge in [0, 0.05) is 24.2 Å². The van der Waals surface area contributed by atoms with Crippen LogP contribution in [-0.2, 0) is 0 Å². The predicted molar refractivity (Wildman–Crippen MR) is 79.1 cm³/mol. The topological polar surface area (TPSA) is 32.3 Å². The average molecular weight is 258 g/mol. The van der Waals surface area contributed by atoms with Gasteiger partial charge in [-0.05, 0) is 43.8 Å². The molecule has 0 saturated carbocycles. The second-order valence-corrected chi connectivity index (χ2v) is 4.41. The molecule has 19 heavy (non-hydrogen) atoms. The molecular formula is C16H22N2O. The van der Waals surface area contributed by atoms with Crippen LogP contribution in [0.1, 0.15) is 36.2 Å². The first-order valence-electron chi connectivity index (χ1n) is 6.78. The van der Waals surface area contributed by atoms with Gasteiger partial charge in [-0.15, -0.1) is 6.42 Å². The van der Waals surface area contributed by atoms with Gasteiger partial charge < -0.3 is 10.2 Å². The molecule has 0 aliphatic carbocycles. The van der Waals surface area contributed by atoms with E-state index in [2.05, 4.69) is 30.0 Å². The maximum absolute atomic E-state index is 11.9. The van der Waals surface area contributed by atoms with Crippen LogP contribution in [0.4, 0.5) is 0 Å². The molecule has 0 aromatic heterocycles. The van der Waals surface area contributed by atoms with Gasteiger partial charge in [-0.1, -0.05) is 19.8 Å². The number of benzene rings is 1. The highest BCUT2D eigenvalue weighted by Gasteiger charge is 2.05. The summed E-state index contributed by atoms with van der Waals surface area (Å²) in [5.74, 6) is 2.49. The van der Waals surface area contributed by atoms with E-state index in [4.69, 9.17) is 6.42 Å². The fourth-order valence-corrected chi connectivity index (χ4v) is 1.89. The summed E-state index contributed by atoms with van der Waals surface area (Å²) < 4.78 is 0. The molecule has 0 radical (unpaired) electrons. The summed E-state index contributed by atoms with van der Waals surface area (Å²) in [4.78, 5) is 14.2. The van der Waals surface area contributed by atoms with Crippen LogP contribution >= 0.6 is 0 Å². The molecule has 0 aliphatic heterocycles. The molecule has 1 amide bonds. The third-order valence-corrected chi connectivity index (χ3v) is 3.01. The summed E-state index contributed by atoms with van der Waals surface area (Å²) >= 11 is 0. The largest absolute Gasteiger partial charge is 0.351 e. The predicted octanol–water partition coefficient (Wildman–Crippen LogP) is 2.13. The lowest BCUT2D eigenvalue weighted by Crippen LogP contribution is -2.35. The number of carbonyl (C=O) groups is 1. The van der Waals surface area contributed by atoms with E-state index in [1.165, 1.54) is 0 Å². The SMILES string of the molecule is C#Cc1ccc(C(=O)NCCN(CC)CCC)cc1. The van der Waals surface area contributed by atoms with Crippen molar-refractivity contribution >= 4 is 5.91 Å². The van der Waals surface area contributed by atoms with E-state index in [1.807, 2.05) is 0 Å². The molecule has 1 N–H and O–H groups in total. The molecule has 102 valence electrons.